The number of carbonyl (C=O) groups is 1. The molecule has 3 atom stereocenters. The van der Waals surface area contributed by atoms with Crippen LogP contribution in [-0.2, 0) is 27.1 Å². The van der Waals surface area contributed by atoms with Crippen molar-refractivity contribution in [2.75, 3.05) is 19.8 Å². The average molecular weight is 446 g/mol. The Hall–Kier alpha value is -2.41. The molecule has 0 bridgehead atoms. The summed E-state index contributed by atoms with van der Waals surface area (Å²) in [5.41, 5.74) is 2.13. The van der Waals surface area contributed by atoms with Gasteiger partial charge in [-0.15, -0.1) is 0 Å². The van der Waals surface area contributed by atoms with E-state index in [9.17, 15) is 15.0 Å². The van der Waals surface area contributed by atoms with Gasteiger partial charge in [0.2, 0.25) is 5.91 Å². The number of phenols is 1. The summed E-state index contributed by atoms with van der Waals surface area (Å²) >= 11 is 0. The SMILES string of the molecule is CC.CC(COCC(Cc1ccc(O)cc1)NC(=O)CCc1ccccc1)OC[C@H](C)O. The van der Waals surface area contributed by atoms with Crippen molar-refractivity contribution in [1.29, 1.82) is 0 Å². The second-order valence-electron chi connectivity index (χ2n) is 7.65. The molecule has 0 saturated carbocycles. The zero-order valence-electron chi connectivity index (χ0n) is 19.8. The number of phenolic OH excluding ortho intramolecular Hbond substituents is 1. The molecule has 2 unspecified atom stereocenters. The lowest BCUT2D eigenvalue weighted by Gasteiger charge is -2.21. The zero-order valence-corrected chi connectivity index (χ0v) is 19.8. The van der Waals surface area contributed by atoms with Crippen LogP contribution in [0.1, 0.15) is 45.2 Å². The predicted octanol–water partition coefficient (Wildman–Crippen LogP) is 3.88. The molecule has 0 aliphatic heterocycles. The highest BCUT2D eigenvalue weighted by Crippen LogP contribution is 2.12. The van der Waals surface area contributed by atoms with E-state index in [1.54, 1.807) is 19.1 Å². The van der Waals surface area contributed by atoms with E-state index >= 15 is 0 Å². The Morgan fingerprint density at radius 2 is 1.59 bits per heavy atom. The number of aliphatic hydroxyl groups is 1. The molecule has 1 amide bonds. The van der Waals surface area contributed by atoms with Gasteiger partial charge in [0.1, 0.15) is 5.75 Å². The molecule has 32 heavy (non-hydrogen) atoms. The number of aliphatic hydroxyl groups excluding tert-OH is 1. The minimum absolute atomic E-state index is 0.0235. The van der Waals surface area contributed by atoms with Gasteiger partial charge in [0.15, 0.2) is 0 Å². The Morgan fingerprint density at radius 3 is 2.22 bits per heavy atom. The number of aromatic hydroxyl groups is 1. The molecule has 0 saturated heterocycles. The number of ether oxygens (including phenoxy) is 2. The molecule has 0 aliphatic carbocycles. The van der Waals surface area contributed by atoms with Gasteiger partial charge in [-0.2, -0.15) is 0 Å². The van der Waals surface area contributed by atoms with Gasteiger partial charge in [-0.05, 0) is 49.9 Å². The van der Waals surface area contributed by atoms with Crippen LogP contribution in [0.15, 0.2) is 54.6 Å². The second-order valence-corrected chi connectivity index (χ2v) is 7.65. The summed E-state index contributed by atoms with van der Waals surface area (Å²) < 4.78 is 11.3. The minimum atomic E-state index is -0.515. The van der Waals surface area contributed by atoms with Gasteiger partial charge in [-0.25, -0.2) is 0 Å². The van der Waals surface area contributed by atoms with Crippen LogP contribution in [0, 0.1) is 0 Å². The Bertz CT molecular complexity index is 734. The number of rotatable bonds is 13. The fourth-order valence-corrected chi connectivity index (χ4v) is 3.00. The molecule has 0 spiro atoms. The standard InChI is InChI=1S/C24H33NO5.C2H6/c1-18(26)15-30-19(2)16-29-17-22(14-21-8-11-23(27)12-9-21)25-24(28)13-10-20-6-4-3-5-7-20;1-2/h3-9,11-12,18-19,22,26-27H,10,13-17H2,1-2H3,(H,25,28);1-2H3/t18-,19?,22?;/m0./s1. The quantitative estimate of drug-likeness (QED) is 0.435. The largest absolute Gasteiger partial charge is 0.508 e. The van der Waals surface area contributed by atoms with Gasteiger partial charge < -0.3 is 25.0 Å². The molecule has 2 rings (SSSR count). The summed E-state index contributed by atoms with van der Waals surface area (Å²) in [6, 6.07) is 16.7. The molecule has 3 N–H and O–H groups in total. The van der Waals surface area contributed by atoms with Crippen molar-refractivity contribution < 1.29 is 24.5 Å². The third-order valence-corrected chi connectivity index (χ3v) is 4.56. The summed E-state index contributed by atoms with van der Waals surface area (Å²) in [5, 5.41) is 21.8. The maximum atomic E-state index is 12.5. The van der Waals surface area contributed by atoms with Gasteiger partial charge in [-0.1, -0.05) is 56.3 Å². The number of benzene rings is 2. The van der Waals surface area contributed by atoms with Gasteiger partial charge in [0.25, 0.3) is 0 Å². The van der Waals surface area contributed by atoms with Crippen LogP contribution in [0.25, 0.3) is 0 Å². The zero-order chi connectivity index (χ0) is 23.8. The highest BCUT2D eigenvalue weighted by Gasteiger charge is 2.15. The van der Waals surface area contributed by atoms with Crippen LogP contribution in [0.2, 0.25) is 0 Å². The van der Waals surface area contributed by atoms with Gasteiger partial charge in [0.05, 0.1) is 38.1 Å². The molecule has 178 valence electrons. The fraction of sp³-hybridized carbons (Fsp3) is 0.500. The third kappa shape index (κ3) is 12.4. The first-order valence-electron chi connectivity index (χ1n) is 11.4. The van der Waals surface area contributed by atoms with Crippen molar-refractivity contribution in [3.05, 3.63) is 65.7 Å². The highest BCUT2D eigenvalue weighted by atomic mass is 16.5. The summed E-state index contributed by atoms with van der Waals surface area (Å²) in [4.78, 5) is 12.5. The van der Waals surface area contributed by atoms with Crippen molar-refractivity contribution in [2.24, 2.45) is 0 Å². The highest BCUT2D eigenvalue weighted by molar-refractivity contribution is 5.76. The number of amides is 1. The Kier molecular flexibility index (Phi) is 14.0. The second kappa shape index (κ2) is 16.3. The Morgan fingerprint density at radius 1 is 0.938 bits per heavy atom. The van der Waals surface area contributed by atoms with E-state index in [-0.39, 0.29) is 30.4 Å². The molecule has 0 aromatic heterocycles. The Labute approximate surface area is 192 Å². The lowest BCUT2D eigenvalue weighted by atomic mass is 10.1. The molecule has 2 aromatic rings. The lowest BCUT2D eigenvalue weighted by Crippen LogP contribution is -2.40. The molecule has 0 radical (unpaired) electrons. The molecule has 2 aromatic carbocycles. The topological polar surface area (TPSA) is 88.0 Å². The van der Waals surface area contributed by atoms with Gasteiger partial charge >= 0.3 is 0 Å². The summed E-state index contributed by atoms with van der Waals surface area (Å²) in [6.07, 6.45) is 1.02. The van der Waals surface area contributed by atoms with Crippen molar-refractivity contribution in [2.45, 2.75) is 65.2 Å². The van der Waals surface area contributed by atoms with E-state index in [1.807, 2.05) is 63.2 Å². The first-order chi connectivity index (χ1) is 15.4. The summed E-state index contributed by atoms with van der Waals surface area (Å²) in [6.45, 7) is 8.54. The van der Waals surface area contributed by atoms with Crippen LogP contribution in [0.3, 0.4) is 0 Å². The van der Waals surface area contributed by atoms with E-state index < -0.39 is 6.10 Å². The first-order valence-corrected chi connectivity index (χ1v) is 11.4. The smallest absolute Gasteiger partial charge is 0.220 e. The van der Waals surface area contributed by atoms with E-state index in [2.05, 4.69) is 5.32 Å². The van der Waals surface area contributed by atoms with Crippen LogP contribution < -0.4 is 5.32 Å². The first kappa shape index (κ1) is 27.6. The molecular formula is C26H39NO5. The van der Waals surface area contributed by atoms with E-state index in [4.69, 9.17) is 9.47 Å². The third-order valence-electron chi connectivity index (χ3n) is 4.56. The lowest BCUT2D eigenvalue weighted by molar-refractivity contribution is -0.122. The number of nitrogens with one attached hydrogen (secondary N) is 1. The minimum Gasteiger partial charge on any atom is -0.508 e. The van der Waals surface area contributed by atoms with Gasteiger partial charge in [-0.3, -0.25) is 4.79 Å². The molecule has 6 nitrogen and oxygen atoms in total. The normalized spacial score (nSPS) is 13.4. The van der Waals surface area contributed by atoms with Crippen LogP contribution in [0.5, 0.6) is 5.75 Å². The predicted molar refractivity (Wildman–Crippen MR) is 128 cm³/mol. The monoisotopic (exact) mass is 445 g/mol. The van der Waals surface area contributed by atoms with Crippen molar-refractivity contribution >= 4 is 5.91 Å². The summed E-state index contributed by atoms with van der Waals surface area (Å²) in [7, 11) is 0. The van der Waals surface area contributed by atoms with Crippen molar-refractivity contribution in [3.63, 3.8) is 0 Å². The number of carbonyl (C=O) groups excluding carboxylic acids is 1. The van der Waals surface area contributed by atoms with E-state index in [1.165, 1.54) is 0 Å². The fourth-order valence-electron chi connectivity index (χ4n) is 3.00. The van der Waals surface area contributed by atoms with Crippen LogP contribution in [0.4, 0.5) is 0 Å². The maximum Gasteiger partial charge on any atom is 0.220 e. The molecule has 0 aliphatic rings. The van der Waals surface area contributed by atoms with E-state index in [0.29, 0.717) is 32.5 Å². The Balaban J connectivity index is 0.00000249. The van der Waals surface area contributed by atoms with Gasteiger partial charge in [0, 0.05) is 6.42 Å². The molecule has 0 fully saturated rings. The van der Waals surface area contributed by atoms with Crippen molar-refractivity contribution in [3.8, 4) is 5.75 Å². The van der Waals surface area contributed by atoms with Crippen molar-refractivity contribution in [1.82, 2.24) is 5.32 Å². The van der Waals surface area contributed by atoms with Crippen LogP contribution >= 0.6 is 0 Å². The average Bonchev–Trinajstić information content (AvgIpc) is 2.80. The number of hydrogen-bond acceptors (Lipinski definition) is 5. The molecular weight excluding hydrogens is 406 g/mol. The maximum absolute atomic E-state index is 12.5. The summed E-state index contributed by atoms with van der Waals surface area (Å²) in [5.74, 6) is 0.187. The molecule has 6 heteroatoms. The van der Waals surface area contributed by atoms with Crippen LogP contribution in [-0.4, -0.2) is 54.2 Å². The number of hydrogen-bond donors (Lipinski definition) is 3. The molecule has 0 heterocycles. The number of aryl methyl sites for hydroxylation is 1. The van der Waals surface area contributed by atoms with E-state index in [0.717, 1.165) is 11.1 Å².